The molecule has 2 aromatic heterocycles. The molecule has 10 nitrogen and oxygen atoms in total. The summed E-state index contributed by atoms with van der Waals surface area (Å²) in [7, 11) is 1.56. The maximum absolute atomic E-state index is 13.6. The number of aryl methyl sites for hydroxylation is 1. The zero-order valence-corrected chi connectivity index (χ0v) is 21.1. The maximum atomic E-state index is 13.6. The van der Waals surface area contributed by atoms with E-state index >= 15 is 0 Å². The molecule has 0 aliphatic carbocycles. The van der Waals surface area contributed by atoms with E-state index < -0.39 is 23.8 Å². The van der Waals surface area contributed by atoms with Crippen molar-refractivity contribution in [3.63, 3.8) is 0 Å². The Balaban J connectivity index is 1.51. The van der Waals surface area contributed by atoms with Crippen LogP contribution in [0.3, 0.4) is 0 Å². The van der Waals surface area contributed by atoms with Gasteiger partial charge in [-0.2, -0.15) is 4.98 Å². The van der Waals surface area contributed by atoms with E-state index in [1.165, 1.54) is 4.57 Å². The predicted octanol–water partition coefficient (Wildman–Crippen LogP) is 2.83. The number of ether oxygens (including phenoxy) is 2. The van der Waals surface area contributed by atoms with Crippen LogP contribution in [-0.4, -0.2) is 37.8 Å². The molecule has 2 aromatic carbocycles. The highest BCUT2D eigenvalue weighted by Gasteiger charge is 2.30. The van der Waals surface area contributed by atoms with Crippen LogP contribution in [0.25, 0.3) is 11.2 Å². The molecule has 5 rings (SSSR count). The van der Waals surface area contributed by atoms with E-state index in [0.29, 0.717) is 25.6 Å². The Morgan fingerprint density at radius 3 is 2.49 bits per heavy atom. The van der Waals surface area contributed by atoms with Gasteiger partial charge in [0.1, 0.15) is 18.9 Å². The first-order valence-electron chi connectivity index (χ1n) is 12.3. The molecule has 0 unspecified atom stereocenters. The lowest BCUT2D eigenvalue weighted by atomic mass is 10.1. The average molecular weight is 504 g/mol. The second kappa shape index (κ2) is 9.96. The second-order valence-corrected chi connectivity index (χ2v) is 9.22. The number of rotatable bonds is 7. The minimum Gasteiger partial charge on any atom is -0.494 e. The van der Waals surface area contributed by atoms with Gasteiger partial charge in [0, 0.05) is 25.8 Å². The van der Waals surface area contributed by atoms with Crippen LogP contribution in [0.5, 0.6) is 5.75 Å². The summed E-state index contributed by atoms with van der Waals surface area (Å²) in [6, 6.07) is 16.9. The summed E-state index contributed by atoms with van der Waals surface area (Å²) in [5.41, 5.74) is 1.11. The Morgan fingerprint density at radius 1 is 1.05 bits per heavy atom. The van der Waals surface area contributed by atoms with Crippen molar-refractivity contribution in [1.82, 2.24) is 18.7 Å². The van der Waals surface area contributed by atoms with Crippen LogP contribution >= 0.6 is 0 Å². The SMILES string of the molecule is CCOc1ccc(N2C[C@@H](C)Cn3c2nc2c3c(=O)n(CC(=O)OCc3ccccc3)c(=O)n2C)cc1. The van der Waals surface area contributed by atoms with E-state index in [2.05, 4.69) is 6.92 Å². The lowest BCUT2D eigenvalue weighted by Gasteiger charge is -2.33. The molecule has 0 amide bonds. The fourth-order valence-corrected chi connectivity index (χ4v) is 4.66. The molecule has 0 radical (unpaired) electrons. The summed E-state index contributed by atoms with van der Waals surface area (Å²) < 4.78 is 15.0. The summed E-state index contributed by atoms with van der Waals surface area (Å²) in [5, 5.41) is 0. The number of esters is 1. The highest BCUT2D eigenvalue weighted by Crippen LogP contribution is 2.33. The first-order chi connectivity index (χ1) is 17.9. The monoisotopic (exact) mass is 503 g/mol. The molecular weight excluding hydrogens is 474 g/mol. The summed E-state index contributed by atoms with van der Waals surface area (Å²) >= 11 is 0. The fraction of sp³-hybridized carbons (Fsp3) is 0.333. The zero-order chi connectivity index (χ0) is 26.1. The smallest absolute Gasteiger partial charge is 0.333 e. The molecular formula is C27H29N5O5. The van der Waals surface area contributed by atoms with Crippen LogP contribution in [-0.2, 0) is 36.3 Å². The van der Waals surface area contributed by atoms with Gasteiger partial charge in [-0.3, -0.25) is 14.2 Å². The first kappa shape index (κ1) is 24.4. The third kappa shape index (κ3) is 4.62. The standard InChI is InChI=1S/C27H29N5O5/c1-4-36-21-12-10-20(11-13-21)30-14-18(2)15-31-23-24(28-26(30)31)29(3)27(35)32(25(23)34)16-22(33)37-17-19-8-6-5-7-9-19/h5-13,18H,4,14-17H2,1-3H3/t18-/m1/s1. The van der Waals surface area contributed by atoms with Crippen LogP contribution in [0.15, 0.2) is 64.2 Å². The molecule has 192 valence electrons. The average Bonchev–Trinajstić information content (AvgIpc) is 3.29. The molecule has 0 saturated carbocycles. The van der Waals surface area contributed by atoms with E-state index in [1.807, 2.05) is 71.0 Å². The predicted molar refractivity (Wildman–Crippen MR) is 139 cm³/mol. The first-order valence-corrected chi connectivity index (χ1v) is 12.3. The number of carbonyl (C=O) groups excluding carboxylic acids is 1. The number of anilines is 2. The quantitative estimate of drug-likeness (QED) is 0.358. The number of nitrogens with zero attached hydrogens (tertiary/aromatic N) is 5. The number of aromatic nitrogens is 4. The molecule has 3 heterocycles. The van der Waals surface area contributed by atoms with Gasteiger partial charge >= 0.3 is 11.7 Å². The van der Waals surface area contributed by atoms with Gasteiger partial charge in [0.2, 0.25) is 5.95 Å². The molecule has 37 heavy (non-hydrogen) atoms. The van der Waals surface area contributed by atoms with Gasteiger partial charge < -0.3 is 18.9 Å². The molecule has 0 N–H and O–H groups in total. The van der Waals surface area contributed by atoms with Crippen molar-refractivity contribution in [3.05, 3.63) is 81.0 Å². The Hall–Kier alpha value is -4.34. The Kier molecular flexibility index (Phi) is 6.56. The molecule has 0 fully saturated rings. The second-order valence-electron chi connectivity index (χ2n) is 9.22. The van der Waals surface area contributed by atoms with Gasteiger partial charge in [0.05, 0.1) is 6.61 Å². The van der Waals surface area contributed by atoms with Crippen molar-refractivity contribution < 1.29 is 14.3 Å². The summed E-state index contributed by atoms with van der Waals surface area (Å²) in [5.74, 6) is 0.894. The third-order valence-corrected chi connectivity index (χ3v) is 6.43. The van der Waals surface area contributed by atoms with Crippen LogP contribution in [0, 0.1) is 5.92 Å². The fourth-order valence-electron chi connectivity index (χ4n) is 4.66. The van der Waals surface area contributed by atoms with Crippen LogP contribution in [0.4, 0.5) is 11.6 Å². The summed E-state index contributed by atoms with van der Waals surface area (Å²) in [6.07, 6.45) is 0. The van der Waals surface area contributed by atoms with Crippen molar-refractivity contribution in [3.8, 4) is 5.75 Å². The van der Waals surface area contributed by atoms with Gasteiger partial charge in [-0.25, -0.2) is 9.36 Å². The lowest BCUT2D eigenvalue weighted by Crippen LogP contribution is -2.42. The number of imidazole rings is 1. The Morgan fingerprint density at radius 2 is 1.78 bits per heavy atom. The van der Waals surface area contributed by atoms with E-state index in [0.717, 1.165) is 21.6 Å². The minimum absolute atomic E-state index is 0.0631. The molecule has 0 bridgehead atoms. The van der Waals surface area contributed by atoms with Gasteiger partial charge in [0.25, 0.3) is 5.56 Å². The maximum Gasteiger partial charge on any atom is 0.333 e. The Bertz CT molecular complexity index is 1550. The van der Waals surface area contributed by atoms with Crippen molar-refractivity contribution in [2.24, 2.45) is 13.0 Å². The van der Waals surface area contributed by atoms with Gasteiger partial charge in [0.15, 0.2) is 11.2 Å². The molecule has 1 aliphatic heterocycles. The number of hydrogen-bond acceptors (Lipinski definition) is 7. The van der Waals surface area contributed by atoms with Crippen molar-refractivity contribution in [2.75, 3.05) is 18.1 Å². The van der Waals surface area contributed by atoms with E-state index in [4.69, 9.17) is 14.5 Å². The van der Waals surface area contributed by atoms with Gasteiger partial charge in [-0.05, 0) is 42.7 Å². The molecule has 1 aliphatic rings. The number of fused-ring (bicyclic) bond motifs is 3. The van der Waals surface area contributed by atoms with E-state index in [1.54, 1.807) is 7.05 Å². The largest absolute Gasteiger partial charge is 0.494 e. The molecule has 0 spiro atoms. The summed E-state index contributed by atoms with van der Waals surface area (Å²) in [6.45, 7) is 5.45. The molecule has 10 heteroatoms. The van der Waals surface area contributed by atoms with Crippen LogP contribution < -0.4 is 20.9 Å². The van der Waals surface area contributed by atoms with Crippen LogP contribution in [0.1, 0.15) is 19.4 Å². The number of hydrogen-bond donors (Lipinski definition) is 0. The third-order valence-electron chi connectivity index (χ3n) is 6.43. The molecule has 0 saturated heterocycles. The highest BCUT2D eigenvalue weighted by atomic mass is 16.5. The normalized spacial score (nSPS) is 15.0. The minimum atomic E-state index is -0.662. The van der Waals surface area contributed by atoms with Crippen molar-refractivity contribution >= 4 is 28.8 Å². The van der Waals surface area contributed by atoms with Crippen molar-refractivity contribution in [1.29, 1.82) is 0 Å². The summed E-state index contributed by atoms with van der Waals surface area (Å²) in [4.78, 5) is 45.9. The highest BCUT2D eigenvalue weighted by molar-refractivity contribution is 5.77. The van der Waals surface area contributed by atoms with Crippen LogP contribution in [0.2, 0.25) is 0 Å². The van der Waals surface area contributed by atoms with Gasteiger partial charge in [-0.15, -0.1) is 0 Å². The van der Waals surface area contributed by atoms with E-state index in [-0.39, 0.29) is 23.7 Å². The van der Waals surface area contributed by atoms with Crippen molar-refractivity contribution in [2.45, 2.75) is 33.5 Å². The molecule has 4 aromatic rings. The van der Waals surface area contributed by atoms with Gasteiger partial charge in [-0.1, -0.05) is 37.3 Å². The lowest BCUT2D eigenvalue weighted by molar-refractivity contribution is -0.145. The number of carbonyl (C=O) groups is 1. The number of benzene rings is 2. The zero-order valence-electron chi connectivity index (χ0n) is 21.1. The molecule has 1 atom stereocenters. The topological polar surface area (TPSA) is 101 Å². The van der Waals surface area contributed by atoms with E-state index in [9.17, 15) is 14.4 Å². The Labute approximate surface area is 213 Å².